The van der Waals surface area contributed by atoms with E-state index in [1.165, 1.54) is 0 Å². The van der Waals surface area contributed by atoms with Crippen LogP contribution in [0.4, 0.5) is 5.69 Å². The number of carbonyl (C=O) groups is 1. The average molecular weight is 266 g/mol. The van der Waals surface area contributed by atoms with Crippen molar-refractivity contribution < 1.29 is 14.3 Å². The summed E-state index contributed by atoms with van der Waals surface area (Å²) in [5.41, 5.74) is 6.77. The summed E-state index contributed by atoms with van der Waals surface area (Å²) in [6, 6.07) is 5.43. The maximum atomic E-state index is 11.8. The highest BCUT2D eigenvalue weighted by atomic mass is 16.5. The molecular weight excluding hydrogens is 244 g/mol. The van der Waals surface area contributed by atoms with Crippen molar-refractivity contribution in [2.75, 3.05) is 19.0 Å². The van der Waals surface area contributed by atoms with E-state index in [1.54, 1.807) is 19.2 Å². The molecule has 0 atom stereocenters. The summed E-state index contributed by atoms with van der Waals surface area (Å²) in [7, 11) is 1.55. The van der Waals surface area contributed by atoms with Gasteiger partial charge in [0.1, 0.15) is 12.4 Å². The van der Waals surface area contributed by atoms with Crippen LogP contribution in [-0.4, -0.2) is 25.2 Å². The highest BCUT2D eigenvalue weighted by Crippen LogP contribution is 2.25. The fraction of sp³-hybridized carbons (Fsp3) is 0.500. The number of anilines is 1. The zero-order chi connectivity index (χ0) is 14.5. The Labute approximate surface area is 114 Å². The van der Waals surface area contributed by atoms with Crippen molar-refractivity contribution in [3.63, 3.8) is 0 Å². The highest BCUT2D eigenvalue weighted by molar-refractivity contribution is 5.93. The number of carbonyl (C=O) groups excluding carboxylic acids is 1. The lowest BCUT2D eigenvalue weighted by Crippen LogP contribution is -2.27. The van der Waals surface area contributed by atoms with Crippen molar-refractivity contribution in [2.45, 2.75) is 32.9 Å². The molecular formula is C14H22N2O3. The summed E-state index contributed by atoms with van der Waals surface area (Å²) in [4.78, 5) is 11.8. The molecule has 5 heteroatoms. The Bertz CT molecular complexity index is 439. The van der Waals surface area contributed by atoms with Gasteiger partial charge in [-0.3, -0.25) is 4.79 Å². The van der Waals surface area contributed by atoms with Crippen molar-refractivity contribution in [3.8, 4) is 5.75 Å². The lowest BCUT2D eigenvalue weighted by molar-refractivity contribution is -0.125. The largest absolute Gasteiger partial charge is 0.495 e. The van der Waals surface area contributed by atoms with Crippen LogP contribution in [0.25, 0.3) is 0 Å². The van der Waals surface area contributed by atoms with Gasteiger partial charge >= 0.3 is 0 Å². The van der Waals surface area contributed by atoms with Gasteiger partial charge in [0.05, 0.1) is 18.4 Å². The number of hydrogen-bond donors (Lipinski definition) is 2. The number of ether oxygens (including phenoxy) is 2. The number of nitrogens with two attached hydrogens (primary N) is 1. The van der Waals surface area contributed by atoms with Crippen molar-refractivity contribution in [1.29, 1.82) is 0 Å². The molecule has 1 aromatic rings. The monoisotopic (exact) mass is 266 g/mol. The van der Waals surface area contributed by atoms with Gasteiger partial charge < -0.3 is 20.5 Å². The Hall–Kier alpha value is -1.59. The lowest BCUT2D eigenvalue weighted by atomic mass is 10.2. The number of hydrogen-bond acceptors (Lipinski definition) is 4. The second-order valence-electron chi connectivity index (χ2n) is 5.19. The summed E-state index contributed by atoms with van der Waals surface area (Å²) in [6.07, 6.45) is 0. The van der Waals surface area contributed by atoms with Crippen LogP contribution in [0.1, 0.15) is 26.3 Å². The van der Waals surface area contributed by atoms with Gasteiger partial charge in [-0.2, -0.15) is 0 Å². The van der Waals surface area contributed by atoms with Gasteiger partial charge in [-0.1, -0.05) is 6.07 Å². The molecule has 0 heterocycles. The number of methoxy groups -OCH3 is 1. The molecule has 1 rings (SSSR count). The summed E-state index contributed by atoms with van der Waals surface area (Å²) in [5.74, 6) is 0.376. The predicted octanol–water partition coefficient (Wildman–Crippen LogP) is 1.91. The third kappa shape index (κ3) is 5.28. The Balaban J connectivity index is 2.68. The molecule has 0 aromatic heterocycles. The molecule has 0 aliphatic carbocycles. The molecule has 0 bridgehead atoms. The Morgan fingerprint density at radius 3 is 2.58 bits per heavy atom. The molecule has 0 fully saturated rings. The fourth-order valence-corrected chi connectivity index (χ4v) is 1.43. The Kier molecular flexibility index (Phi) is 5.32. The molecule has 106 valence electrons. The fourth-order valence-electron chi connectivity index (χ4n) is 1.43. The molecule has 0 saturated carbocycles. The highest BCUT2D eigenvalue weighted by Gasteiger charge is 2.14. The van der Waals surface area contributed by atoms with E-state index in [2.05, 4.69) is 5.32 Å². The molecule has 0 unspecified atom stereocenters. The maximum Gasteiger partial charge on any atom is 0.250 e. The zero-order valence-corrected chi connectivity index (χ0v) is 11.9. The minimum absolute atomic E-state index is 0.00525. The number of amides is 1. The minimum atomic E-state index is -0.342. The molecule has 3 N–H and O–H groups in total. The van der Waals surface area contributed by atoms with Crippen LogP contribution in [0.5, 0.6) is 5.75 Å². The predicted molar refractivity (Wildman–Crippen MR) is 75.2 cm³/mol. The lowest BCUT2D eigenvalue weighted by Gasteiger charge is -2.19. The summed E-state index contributed by atoms with van der Waals surface area (Å²) < 4.78 is 10.6. The third-order valence-electron chi connectivity index (χ3n) is 2.41. The second-order valence-corrected chi connectivity index (χ2v) is 5.19. The smallest absolute Gasteiger partial charge is 0.250 e. The maximum absolute atomic E-state index is 11.8. The first-order valence-electron chi connectivity index (χ1n) is 6.16. The molecule has 0 saturated heterocycles. The van der Waals surface area contributed by atoms with Crippen molar-refractivity contribution >= 4 is 11.6 Å². The summed E-state index contributed by atoms with van der Waals surface area (Å²) in [6.45, 7) is 6.13. The number of rotatable bonds is 5. The van der Waals surface area contributed by atoms with E-state index in [-0.39, 0.29) is 18.1 Å². The van der Waals surface area contributed by atoms with E-state index in [9.17, 15) is 4.79 Å². The van der Waals surface area contributed by atoms with Crippen molar-refractivity contribution in [2.24, 2.45) is 5.73 Å². The number of nitrogens with one attached hydrogen (secondary N) is 1. The van der Waals surface area contributed by atoms with E-state index >= 15 is 0 Å². The van der Waals surface area contributed by atoms with Crippen molar-refractivity contribution in [1.82, 2.24) is 0 Å². The molecule has 0 aliphatic rings. The van der Waals surface area contributed by atoms with E-state index in [0.717, 1.165) is 5.56 Å². The Morgan fingerprint density at radius 1 is 1.37 bits per heavy atom. The van der Waals surface area contributed by atoms with Crippen LogP contribution in [0.3, 0.4) is 0 Å². The van der Waals surface area contributed by atoms with E-state index in [4.69, 9.17) is 15.2 Å². The van der Waals surface area contributed by atoms with Crippen LogP contribution in [0.15, 0.2) is 18.2 Å². The topological polar surface area (TPSA) is 73.6 Å². The number of benzene rings is 1. The summed E-state index contributed by atoms with van der Waals surface area (Å²) >= 11 is 0. The third-order valence-corrected chi connectivity index (χ3v) is 2.41. The molecule has 0 aliphatic heterocycles. The van der Waals surface area contributed by atoms with Gasteiger partial charge in [0.25, 0.3) is 0 Å². The molecule has 1 aromatic carbocycles. The van der Waals surface area contributed by atoms with Gasteiger partial charge in [-0.15, -0.1) is 0 Å². The van der Waals surface area contributed by atoms with Gasteiger partial charge in [-0.05, 0) is 38.5 Å². The zero-order valence-electron chi connectivity index (χ0n) is 11.9. The average Bonchev–Trinajstić information content (AvgIpc) is 2.36. The second kappa shape index (κ2) is 6.54. The minimum Gasteiger partial charge on any atom is -0.495 e. The first-order valence-corrected chi connectivity index (χ1v) is 6.16. The van der Waals surface area contributed by atoms with Crippen molar-refractivity contribution in [3.05, 3.63) is 23.8 Å². The van der Waals surface area contributed by atoms with Crippen LogP contribution in [-0.2, 0) is 16.1 Å². The van der Waals surface area contributed by atoms with Crippen LogP contribution < -0.4 is 15.8 Å². The van der Waals surface area contributed by atoms with E-state index < -0.39 is 0 Å². The Morgan fingerprint density at radius 2 is 2.05 bits per heavy atom. The van der Waals surface area contributed by atoms with Gasteiger partial charge in [0, 0.05) is 6.54 Å². The first kappa shape index (κ1) is 15.5. The molecule has 0 spiro atoms. The SMILES string of the molecule is COc1cc(CN)ccc1NC(=O)COC(C)(C)C. The van der Waals surface area contributed by atoms with Gasteiger partial charge in [0.15, 0.2) is 0 Å². The van der Waals surface area contributed by atoms with Gasteiger partial charge in [0.2, 0.25) is 5.91 Å². The summed E-state index contributed by atoms with van der Waals surface area (Å²) in [5, 5.41) is 2.76. The van der Waals surface area contributed by atoms with E-state index in [0.29, 0.717) is 18.0 Å². The van der Waals surface area contributed by atoms with Crippen LogP contribution in [0, 0.1) is 0 Å². The standard InChI is InChI=1S/C14H22N2O3/c1-14(2,3)19-9-13(17)16-11-6-5-10(8-15)7-12(11)18-4/h5-7H,8-9,15H2,1-4H3,(H,16,17). The van der Waals surface area contributed by atoms with Crippen LogP contribution in [0.2, 0.25) is 0 Å². The van der Waals surface area contributed by atoms with E-state index in [1.807, 2.05) is 26.8 Å². The molecule has 19 heavy (non-hydrogen) atoms. The quantitative estimate of drug-likeness (QED) is 0.853. The molecule has 5 nitrogen and oxygen atoms in total. The normalized spacial score (nSPS) is 11.2. The van der Waals surface area contributed by atoms with Crippen LogP contribution >= 0.6 is 0 Å². The first-order chi connectivity index (χ1) is 8.85. The van der Waals surface area contributed by atoms with Gasteiger partial charge in [-0.25, -0.2) is 0 Å². The molecule has 0 radical (unpaired) electrons. The molecule has 1 amide bonds.